The lowest BCUT2D eigenvalue weighted by Gasteiger charge is -2.29. The minimum absolute atomic E-state index is 0.313. The molecule has 1 saturated heterocycles. The first-order chi connectivity index (χ1) is 9.24. The molecule has 0 radical (unpaired) electrons. The lowest BCUT2D eigenvalue weighted by Crippen LogP contribution is -2.45. The number of imidazole rings is 1. The molecular weight excluding hydrogens is 244 g/mol. The third-order valence-electron chi connectivity index (χ3n) is 3.32. The number of hydrogen-bond donors (Lipinski definition) is 2. The zero-order valence-electron chi connectivity index (χ0n) is 11.5. The molecule has 0 amide bonds. The quantitative estimate of drug-likeness (QED) is 0.701. The molecule has 2 rings (SSSR count). The normalized spacial score (nSPS) is 20.3. The summed E-state index contributed by atoms with van der Waals surface area (Å²) in [6.07, 6.45) is 5.20. The Labute approximate surface area is 114 Å². The first-order valence-corrected chi connectivity index (χ1v) is 6.91. The van der Waals surface area contributed by atoms with Crippen molar-refractivity contribution in [1.82, 2.24) is 19.8 Å². The molecule has 0 aromatic carbocycles. The Bertz CT molecular complexity index is 338. The second-order valence-corrected chi connectivity index (χ2v) is 5.14. The topological polar surface area (TPSA) is 62.5 Å². The third-order valence-corrected chi connectivity index (χ3v) is 3.32. The summed E-state index contributed by atoms with van der Waals surface area (Å²) in [5, 5.41) is 13.4. The second-order valence-electron chi connectivity index (χ2n) is 5.14. The minimum Gasteiger partial charge on any atom is -0.390 e. The molecular formula is C13H24N4O2. The average molecular weight is 268 g/mol. The van der Waals surface area contributed by atoms with Gasteiger partial charge in [-0.05, 0) is 6.92 Å². The zero-order valence-corrected chi connectivity index (χ0v) is 11.5. The predicted octanol–water partition coefficient (Wildman–Crippen LogP) is -0.446. The van der Waals surface area contributed by atoms with Gasteiger partial charge in [-0.15, -0.1) is 0 Å². The molecule has 1 aliphatic rings. The number of hydrogen-bond acceptors (Lipinski definition) is 5. The summed E-state index contributed by atoms with van der Waals surface area (Å²) >= 11 is 0. The molecule has 6 nitrogen and oxygen atoms in total. The van der Waals surface area contributed by atoms with Crippen molar-refractivity contribution in [3.05, 3.63) is 18.7 Å². The van der Waals surface area contributed by atoms with Crippen LogP contribution in [0.5, 0.6) is 0 Å². The Balaban J connectivity index is 1.61. The third kappa shape index (κ3) is 5.28. The molecule has 6 heteroatoms. The SMILES string of the molecule is CC(Cn1ccnc1)NCC(O)CN1CCOCC1. The number of morpholine rings is 1. The summed E-state index contributed by atoms with van der Waals surface area (Å²) in [7, 11) is 0. The molecule has 1 fully saturated rings. The highest BCUT2D eigenvalue weighted by atomic mass is 16.5. The van der Waals surface area contributed by atoms with Crippen LogP contribution < -0.4 is 5.32 Å². The van der Waals surface area contributed by atoms with E-state index in [1.54, 1.807) is 6.20 Å². The fraction of sp³-hybridized carbons (Fsp3) is 0.769. The van der Waals surface area contributed by atoms with E-state index in [0.717, 1.165) is 32.8 Å². The van der Waals surface area contributed by atoms with Crippen molar-refractivity contribution in [2.45, 2.75) is 25.6 Å². The van der Waals surface area contributed by atoms with Crippen LogP contribution in [0.15, 0.2) is 18.7 Å². The summed E-state index contributed by atoms with van der Waals surface area (Å²) in [6.45, 7) is 7.70. The van der Waals surface area contributed by atoms with Gasteiger partial charge >= 0.3 is 0 Å². The number of ether oxygens (including phenoxy) is 1. The molecule has 1 aliphatic heterocycles. The van der Waals surface area contributed by atoms with Crippen LogP contribution in [0, 0.1) is 0 Å². The van der Waals surface area contributed by atoms with Crippen molar-refractivity contribution in [3.63, 3.8) is 0 Å². The summed E-state index contributed by atoms with van der Waals surface area (Å²) < 4.78 is 7.32. The summed E-state index contributed by atoms with van der Waals surface area (Å²) in [5.74, 6) is 0. The number of rotatable bonds is 7. The lowest BCUT2D eigenvalue weighted by atomic mass is 10.2. The van der Waals surface area contributed by atoms with Gasteiger partial charge in [-0.1, -0.05) is 0 Å². The maximum Gasteiger partial charge on any atom is 0.0946 e. The summed E-state index contributed by atoms with van der Waals surface area (Å²) in [6, 6.07) is 0.313. The predicted molar refractivity (Wildman–Crippen MR) is 73.0 cm³/mol. The molecule has 2 heterocycles. The Kier molecular flexibility index (Phi) is 5.78. The van der Waals surface area contributed by atoms with Crippen molar-refractivity contribution in [2.24, 2.45) is 0 Å². The van der Waals surface area contributed by atoms with E-state index in [1.807, 2.05) is 17.1 Å². The Morgan fingerprint density at radius 2 is 2.16 bits per heavy atom. The summed E-state index contributed by atoms with van der Waals surface area (Å²) in [4.78, 5) is 6.26. The molecule has 0 aliphatic carbocycles. The van der Waals surface area contributed by atoms with Gasteiger partial charge in [-0.3, -0.25) is 4.90 Å². The Morgan fingerprint density at radius 3 is 2.84 bits per heavy atom. The first kappa shape index (κ1) is 14.5. The van der Waals surface area contributed by atoms with Crippen LogP contribution in [0.25, 0.3) is 0 Å². The molecule has 0 spiro atoms. The van der Waals surface area contributed by atoms with Crippen LogP contribution in [0.4, 0.5) is 0 Å². The maximum absolute atomic E-state index is 10.0. The van der Waals surface area contributed by atoms with Crippen LogP contribution in [0.3, 0.4) is 0 Å². The van der Waals surface area contributed by atoms with E-state index in [0.29, 0.717) is 19.1 Å². The molecule has 2 unspecified atom stereocenters. The lowest BCUT2D eigenvalue weighted by molar-refractivity contribution is 0.0145. The van der Waals surface area contributed by atoms with E-state index >= 15 is 0 Å². The molecule has 19 heavy (non-hydrogen) atoms. The maximum atomic E-state index is 10.0. The summed E-state index contributed by atoms with van der Waals surface area (Å²) in [5.41, 5.74) is 0. The molecule has 1 aromatic rings. The van der Waals surface area contributed by atoms with Gasteiger partial charge in [0.1, 0.15) is 0 Å². The molecule has 1 aromatic heterocycles. The van der Waals surface area contributed by atoms with Crippen molar-refractivity contribution in [2.75, 3.05) is 39.4 Å². The number of aliphatic hydroxyl groups is 1. The Morgan fingerprint density at radius 1 is 1.37 bits per heavy atom. The monoisotopic (exact) mass is 268 g/mol. The minimum atomic E-state index is -0.330. The van der Waals surface area contributed by atoms with Crippen LogP contribution in [-0.2, 0) is 11.3 Å². The zero-order chi connectivity index (χ0) is 13.5. The highest BCUT2D eigenvalue weighted by Gasteiger charge is 2.15. The Hall–Kier alpha value is -0.950. The average Bonchev–Trinajstić information content (AvgIpc) is 2.90. The number of β-amino-alcohol motifs (C(OH)–C–C–N with tert-alkyl or cyclic N) is 1. The highest BCUT2D eigenvalue weighted by molar-refractivity contribution is 4.77. The highest BCUT2D eigenvalue weighted by Crippen LogP contribution is 1.99. The fourth-order valence-electron chi connectivity index (χ4n) is 2.26. The van der Waals surface area contributed by atoms with Gasteiger partial charge in [-0.25, -0.2) is 4.98 Å². The van der Waals surface area contributed by atoms with Gasteiger partial charge in [0.05, 0.1) is 25.6 Å². The largest absolute Gasteiger partial charge is 0.390 e. The second kappa shape index (κ2) is 7.59. The van der Waals surface area contributed by atoms with Gasteiger partial charge in [0.2, 0.25) is 0 Å². The van der Waals surface area contributed by atoms with Gasteiger partial charge < -0.3 is 19.7 Å². The van der Waals surface area contributed by atoms with Crippen molar-refractivity contribution in [3.8, 4) is 0 Å². The van der Waals surface area contributed by atoms with Crippen LogP contribution in [0.1, 0.15) is 6.92 Å². The van der Waals surface area contributed by atoms with Crippen LogP contribution in [-0.4, -0.2) is 71.1 Å². The molecule has 0 saturated carbocycles. The van der Waals surface area contributed by atoms with E-state index in [2.05, 4.69) is 22.1 Å². The van der Waals surface area contributed by atoms with Gasteiger partial charge in [0.25, 0.3) is 0 Å². The van der Waals surface area contributed by atoms with Crippen molar-refractivity contribution < 1.29 is 9.84 Å². The molecule has 2 atom stereocenters. The molecule has 0 bridgehead atoms. The van der Waals surface area contributed by atoms with Crippen LogP contribution >= 0.6 is 0 Å². The number of aliphatic hydroxyl groups excluding tert-OH is 1. The van der Waals surface area contributed by atoms with Crippen molar-refractivity contribution in [1.29, 1.82) is 0 Å². The standard InChI is InChI=1S/C13H24N4O2/c1-12(9-17-3-2-14-11-17)15-8-13(18)10-16-4-6-19-7-5-16/h2-3,11-13,15,18H,4-10H2,1H3. The fourth-order valence-corrected chi connectivity index (χ4v) is 2.26. The van der Waals surface area contributed by atoms with E-state index in [-0.39, 0.29) is 6.10 Å². The molecule has 108 valence electrons. The molecule has 2 N–H and O–H groups in total. The van der Waals surface area contributed by atoms with E-state index in [9.17, 15) is 5.11 Å². The number of nitrogens with zero attached hydrogens (tertiary/aromatic N) is 3. The van der Waals surface area contributed by atoms with Gasteiger partial charge in [0, 0.05) is 51.2 Å². The van der Waals surface area contributed by atoms with E-state index in [4.69, 9.17) is 4.74 Å². The van der Waals surface area contributed by atoms with Crippen LogP contribution in [0.2, 0.25) is 0 Å². The number of nitrogens with one attached hydrogen (secondary N) is 1. The van der Waals surface area contributed by atoms with Gasteiger partial charge in [0.15, 0.2) is 0 Å². The van der Waals surface area contributed by atoms with E-state index in [1.165, 1.54) is 0 Å². The number of aromatic nitrogens is 2. The first-order valence-electron chi connectivity index (χ1n) is 6.91. The smallest absolute Gasteiger partial charge is 0.0946 e. The van der Waals surface area contributed by atoms with Crippen molar-refractivity contribution >= 4 is 0 Å². The van der Waals surface area contributed by atoms with E-state index < -0.39 is 0 Å². The van der Waals surface area contributed by atoms with Gasteiger partial charge in [-0.2, -0.15) is 0 Å².